The SMILES string of the molecule is CC(C)(C)OC(=O)NCCCC(N[C-]=O)C(N)=O.[Fm]. The molecule has 0 saturated carbocycles. The predicted octanol–water partition coefficient (Wildman–Crippen LogP) is -0.198. The molecule has 0 radical (unpaired) electrons. The number of nitrogens with two attached hydrogens (primary N) is 1. The molecule has 0 spiro atoms. The van der Waals surface area contributed by atoms with Gasteiger partial charge in [-0.25, -0.2) is 4.79 Å². The Labute approximate surface area is 106 Å². The Hall–Kier alpha value is -2.79. The Bertz CT molecular complexity index is 305. The summed E-state index contributed by atoms with van der Waals surface area (Å²) < 4.78 is 5.02. The minimum Gasteiger partial charge on any atom is -0.520 e. The molecule has 0 saturated heterocycles. The van der Waals surface area contributed by atoms with Gasteiger partial charge in [0.25, 0.3) is 0 Å². The average molecular weight is 515 g/mol. The molecule has 0 fully saturated rings. The Morgan fingerprint density at radius 3 is 2.37 bits per heavy atom. The Morgan fingerprint density at radius 2 is 1.95 bits per heavy atom. The minimum atomic E-state index is -0.761. The van der Waals surface area contributed by atoms with E-state index < -0.39 is 23.6 Å². The largest absolute Gasteiger partial charge is 0.520 e. The van der Waals surface area contributed by atoms with Gasteiger partial charge in [-0.1, -0.05) is 0 Å². The fourth-order valence-corrected chi connectivity index (χ4v) is 1.17. The second kappa shape index (κ2) is 8.32. The van der Waals surface area contributed by atoms with Crippen molar-refractivity contribution in [2.45, 2.75) is 45.3 Å². The summed E-state index contributed by atoms with van der Waals surface area (Å²) >= 11 is 0. The third-order valence-electron chi connectivity index (χ3n) is 1.91. The summed E-state index contributed by atoms with van der Waals surface area (Å²) in [6, 6.07) is -0.761. The zero-order chi connectivity index (χ0) is 14.2. The van der Waals surface area contributed by atoms with E-state index in [2.05, 4.69) is 10.6 Å². The molecular formula is C11H20FmN3O4-. The molecule has 1 atom stereocenters. The van der Waals surface area contributed by atoms with Gasteiger partial charge in [0, 0.05) is 6.54 Å². The fraction of sp³-hybridized carbons (Fsp3) is 0.727. The second-order valence-corrected chi connectivity index (χ2v) is 4.77. The summed E-state index contributed by atoms with van der Waals surface area (Å²) in [5.41, 5.74) is 4.51. The maximum atomic E-state index is 11.3. The van der Waals surface area contributed by atoms with E-state index in [0.717, 1.165) is 0 Å². The Morgan fingerprint density at radius 1 is 1.37 bits per heavy atom. The minimum absolute atomic E-state index is 0. The number of hydrogen-bond donors (Lipinski definition) is 3. The predicted molar refractivity (Wildman–Crippen MR) is 65.3 cm³/mol. The van der Waals surface area contributed by atoms with E-state index in [-0.39, 0.29) is 0 Å². The summed E-state index contributed by atoms with van der Waals surface area (Å²) in [4.78, 5) is 32.2. The van der Waals surface area contributed by atoms with Gasteiger partial charge in [-0.2, -0.15) is 6.41 Å². The third kappa shape index (κ3) is 10.1. The zero-order valence-electron chi connectivity index (χ0n) is 11.2. The van der Waals surface area contributed by atoms with Crippen LogP contribution in [0.4, 0.5) is 4.79 Å². The van der Waals surface area contributed by atoms with Crippen molar-refractivity contribution >= 4 is 18.4 Å². The molecule has 0 aromatic heterocycles. The van der Waals surface area contributed by atoms with Crippen LogP contribution in [0.25, 0.3) is 0 Å². The standard InChI is InChI=1S/C11H20N3O4.Fm/c1-11(2,3)18-10(17)13-6-4-5-8(9(12)16)14-7-15;/h8H,4-6H2,1-3H3,(H2,12,16)(H,13,17)(H,14,15);/q-1;. The molecular weight excluding hydrogens is 495 g/mol. The van der Waals surface area contributed by atoms with Crippen LogP contribution in [-0.4, -0.2) is 36.6 Å². The molecule has 0 aliphatic rings. The van der Waals surface area contributed by atoms with Gasteiger partial charge in [0.1, 0.15) is 5.60 Å². The number of rotatable bonds is 7. The van der Waals surface area contributed by atoms with Crippen molar-refractivity contribution in [2.75, 3.05) is 6.54 Å². The van der Waals surface area contributed by atoms with Gasteiger partial charge >= 0.3 is 6.09 Å². The van der Waals surface area contributed by atoms with Crippen molar-refractivity contribution in [1.82, 2.24) is 10.6 Å². The summed E-state index contributed by atoms with van der Waals surface area (Å²) in [7, 11) is 0. The van der Waals surface area contributed by atoms with Crippen LogP contribution in [-0.2, 0) is 14.3 Å². The fourth-order valence-electron chi connectivity index (χ4n) is 1.17. The van der Waals surface area contributed by atoms with Crippen LogP contribution in [0.1, 0.15) is 33.6 Å². The smallest absolute Gasteiger partial charge is 0.407 e. The number of nitrogens with one attached hydrogen (secondary N) is 2. The Balaban J connectivity index is 0. The van der Waals surface area contributed by atoms with Gasteiger partial charge in [0.2, 0.25) is 5.91 Å². The summed E-state index contributed by atoms with van der Waals surface area (Å²) in [5, 5.41) is 4.72. The van der Waals surface area contributed by atoms with E-state index in [1.165, 1.54) is 6.41 Å². The molecule has 116 valence electrons. The number of primary amides is 1. The van der Waals surface area contributed by atoms with Crippen LogP contribution < -0.4 is 16.4 Å². The van der Waals surface area contributed by atoms with Gasteiger partial charge in [0.05, 0.1) is 6.04 Å². The van der Waals surface area contributed by atoms with Gasteiger partial charge in [-0.15, -0.1) is 0 Å². The molecule has 0 aliphatic heterocycles. The van der Waals surface area contributed by atoms with E-state index in [0.29, 0.717) is 19.4 Å². The normalized spacial score (nSPS) is 11.7. The van der Waals surface area contributed by atoms with E-state index in [1.807, 2.05) is 0 Å². The van der Waals surface area contributed by atoms with E-state index >= 15 is 0 Å². The zero-order valence-corrected chi connectivity index (χ0v) is 13.6. The van der Waals surface area contributed by atoms with Crippen LogP contribution in [0.5, 0.6) is 0 Å². The van der Waals surface area contributed by atoms with Gasteiger partial charge < -0.3 is 25.9 Å². The van der Waals surface area contributed by atoms with E-state index in [1.54, 1.807) is 20.8 Å². The van der Waals surface area contributed by atoms with Crippen LogP contribution in [0, 0.1) is 0 Å². The third-order valence-corrected chi connectivity index (χ3v) is 1.91. The first kappa shape index (κ1) is 18.6. The molecule has 4 N–H and O–H groups in total. The topological polar surface area (TPSA) is 111 Å². The molecule has 1 unspecified atom stereocenters. The van der Waals surface area contributed by atoms with Crippen molar-refractivity contribution in [3.05, 3.63) is 0 Å². The number of carbonyl (C=O) groups is 2. The van der Waals surface area contributed by atoms with Gasteiger partial charge in [-0.05, 0) is 33.6 Å². The molecule has 0 bridgehead atoms. The molecule has 19 heavy (non-hydrogen) atoms. The van der Waals surface area contributed by atoms with Crippen molar-refractivity contribution in [1.29, 1.82) is 0 Å². The molecule has 0 heterocycles. The van der Waals surface area contributed by atoms with Gasteiger partial charge in [-0.3, -0.25) is 4.79 Å². The number of ether oxygens (including phenoxy) is 1. The van der Waals surface area contributed by atoms with Crippen molar-refractivity contribution < 1.29 is 19.1 Å². The molecule has 7 nitrogen and oxygen atoms in total. The number of amides is 3. The molecule has 0 rings (SSSR count). The summed E-state index contributed by atoms with van der Waals surface area (Å²) in [5.74, 6) is -0.629. The number of hydrogen-bond acceptors (Lipinski definition) is 4. The molecule has 0 aromatic rings. The first-order valence-corrected chi connectivity index (χ1v) is 5.65. The molecule has 0 aliphatic carbocycles. The van der Waals surface area contributed by atoms with Crippen LogP contribution in [0.15, 0.2) is 0 Å². The Kier molecular flexibility index (Phi) is 8.14. The van der Waals surface area contributed by atoms with Crippen molar-refractivity contribution in [2.24, 2.45) is 5.73 Å². The quantitative estimate of drug-likeness (QED) is 0.248. The van der Waals surface area contributed by atoms with Crippen LogP contribution in [0.3, 0.4) is 0 Å². The summed E-state index contributed by atoms with van der Waals surface area (Å²) in [6.07, 6.45) is 1.72. The maximum absolute atomic E-state index is 11.3. The second-order valence-electron chi connectivity index (χ2n) is 4.77. The number of carbonyl (C=O) groups excluding carboxylic acids is 3. The van der Waals surface area contributed by atoms with E-state index in [4.69, 9.17) is 10.5 Å². The number of alkyl carbamates (subject to hydrolysis) is 1. The van der Waals surface area contributed by atoms with E-state index in [9.17, 15) is 14.4 Å². The molecule has 8 heteroatoms. The summed E-state index contributed by atoms with van der Waals surface area (Å²) in [6.45, 7) is 5.62. The maximum Gasteiger partial charge on any atom is 0.407 e. The van der Waals surface area contributed by atoms with Crippen LogP contribution in [0.2, 0.25) is 0 Å². The van der Waals surface area contributed by atoms with Crippen molar-refractivity contribution in [3.63, 3.8) is 0 Å². The molecule has 3 amide bonds. The molecule has 0 aromatic carbocycles. The van der Waals surface area contributed by atoms with Gasteiger partial charge in [0.15, 0.2) is 0 Å². The first-order valence-electron chi connectivity index (χ1n) is 5.65. The monoisotopic (exact) mass is 515 g/mol. The van der Waals surface area contributed by atoms with Crippen molar-refractivity contribution in [3.8, 4) is 0 Å². The van der Waals surface area contributed by atoms with Crippen LogP contribution >= 0.6 is 0 Å². The average Bonchev–Trinajstić information content (AvgIpc) is 2.19. The first-order chi connectivity index (χ1) is 8.26.